The molecule has 0 saturated heterocycles. The molecule has 3 saturated carbocycles. The second kappa shape index (κ2) is 6.02. The lowest BCUT2D eigenvalue weighted by Gasteiger charge is -2.21. The summed E-state index contributed by atoms with van der Waals surface area (Å²) in [6.07, 6.45) is 20.8. The molecule has 0 heterocycles. The molecule has 0 N–H and O–H groups in total. The van der Waals surface area contributed by atoms with Gasteiger partial charge in [0.05, 0.1) is 0 Å². The molecule has 3 aliphatic rings. The summed E-state index contributed by atoms with van der Waals surface area (Å²) in [7, 11) is 0. The lowest BCUT2D eigenvalue weighted by molar-refractivity contribution is 0.296. The Morgan fingerprint density at radius 2 is 1.68 bits per heavy atom. The minimum absolute atomic E-state index is 0.805. The van der Waals surface area contributed by atoms with E-state index in [1.807, 2.05) is 0 Å². The first kappa shape index (κ1) is 13.7. The van der Waals surface area contributed by atoms with Crippen molar-refractivity contribution in [1.82, 2.24) is 0 Å². The van der Waals surface area contributed by atoms with Crippen LogP contribution in [0.2, 0.25) is 0 Å². The molecule has 0 aromatic carbocycles. The lowest BCUT2D eigenvalue weighted by atomic mass is 9.84. The number of fused-ring (bicyclic) bond motifs is 1. The summed E-state index contributed by atoms with van der Waals surface area (Å²) in [5.74, 6) is 2.17. The molecule has 0 aliphatic heterocycles. The third-order valence-corrected chi connectivity index (χ3v) is 6.33. The zero-order chi connectivity index (χ0) is 13.1. The van der Waals surface area contributed by atoms with Crippen LogP contribution >= 0.6 is 0 Å². The normalized spacial score (nSPS) is 37.7. The fourth-order valence-corrected chi connectivity index (χ4v) is 5.00. The van der Waals surface area contributed by atoms with Gasteiger partial charge in [-0.2, -0.15) is 0 Å². The van der Waals surface area contributed by atoms with Gasteiger partial charge in [0.1, 0.15) is 0 Å². The molecule has 108 valence electrons. The molecule has 0 amide bonds. The first-order valence-corrected chi connectivity index (χ1v) is 8.95. The molecule has 3 rings (SSSR count). The Hall–Kier alpha value is -0.260. The molecule has 0 aromatic rings. The Morgan fingerprint density at radius 1 is 0.895 bits per heavy atom. The number of allylic oxidation sites excluding steroid dienone is 1. The predicted molar refractivity (Wildman–Crippen MR) is 83.2 cm³/mol. The second-order valence-electron chi connectivity index (χ2n) is 7.82. The fourth-order valence-electron chi connectivity index (χ4n) is 5.00. The molecular weight excluding hydrogens is 228 g/mol. The zero-order valence-electron chi connectivity index (χ0n) is 12.8. The molecule has 2 atom stereocenters. The van der Waals surface area contributed by atoms with Gasteiger partial charge in [-0.15, -0.1) is 0 Å². The highest BCUT2D eigenvalue weighted by Gasteiger charge is 2.53. The van der Waals surface area contributed by atoms with E-state index in [9.17, 15) is 0 Å². The van der Waals surface area contributed by atoms with Gasteiger partial charge in [0, 0.05) is 0 Å². The van der Waals surface area contributed by atoms with Crippen molar-refractivity contribution in [2.45, 2.75) is 89.9 Å². The molecule has 0 spiro atoms. The summed E-state index contributed by atoms with van der Waals surface area (Å²) >= 11 is 0. The standard InChI is InChI=1S/C19H32/c1-16-8-4-2-3-7-13-19(15-18(19)12-11-16)14-17-9-5-6-10-17/h17-18H,1-15H2. The molecule has 19 heavy (non-hydrogen) atoms. The van der Waals surface area contributed by atoms with E-state index in [-0.39, 0.29) is 0 Å². The van der Waals surface area contributed by atoms with Crippen LogP contribution in [0.15, 0.2) is 12.2 Å². The molecule has 0 radical (unpaired) electrons. The number of hydrogen-bond donors (Lipinski definition) is 0. The van der Waals surface area contributed by atoms with Gasteiger partial charge in [-0.05, 0) is 62.2 Å². The predicted octanol–water partition coefficient (Wildman–Crippen LogP) is 6.26. The monoisotopic (exact) mass is 260 g/mol. The van der Waals surface area contributed by atoms with Crippen LogP contribution in [0.4, 0.5) is 0 Å². The first-order chi connectivity index (χ1) is 9.28. The third kappa shape index (κ3) is 3.44. The van der Waals surface area contributed by atoms with Gasteiger partial charge in [-0.3, -0.25) is 0 Å². The van der Waals surface area contributed by atoms with Gasteiger partial charge < -0.3 is 0 Å². The van der Waals surface area contributed by atoms with E-state index < -0.39 is 0 Å². The average molecular weight is 260 g/mol. The number of rotatable bonds is 2. The summed E-state index contributed by atoms with van der Waals surface area (Å²) in [5, 5.41) is 0. The van der Waals surface area contributed by atoms with Gasteiger partial charge in [0.25, 0.3) is 0 Å². The van der Waals surface area contributed by atoms with Gasteiger partial charge in [-0.25, -0.2) is 0 Å². The Kier molecular flexibility index (Phi) is 4.34. The molecule has 0 bridgehead atoms. The minimum Gasteiger partial charge on any atom is -0.0999 e. The second-order valence-corrected chi connectivity index (χ2v) is 7.82. The quantitative estimate of drug-likeness (QED) is 0.514. The molecule has 2 unspecified atom stereocenters. The van der Waals surface area contributed by atoms with Crippen molar-refractivity contribution in [3.8, 4) is 0 Å². The zero-order valence-corrected chi connectivity index (χ0v) is 12.8. The van der Waals surface area contributed by atoms with Crippen molar-refractivity contribution >= 4 is 0 Å². The maximum absolute atomic E-state index is 4.30. The lowest BCUT2D eigenvalue weighted by Crippen LogP contribution is -2.10. The highest BCUT2D eigenvalue weighted by atomic mass is 14.6. The molecular formula is C19H32. The third-order valence-electron chi connectivity index (χ3n) is 6.33. The van der Waals surface area contributed by atoms with Gasteiger partial charge in [0.15, 0.2) is 0 Å². The van der Waals surface area contributed by atoms with E-state index in [0.29, 0.717) is 0 Å². The van der Waals surface area contributed by atoms with Crippen LogP contribution in [0, 0.1) is 17.3 Å². The Bertz CT molecular complexity index is 310. The highest BCUT2D eigenvalue weighted by molar-refractivity contribution is 5.06. The van der Waals surface area contributed by atoms with Crippen LogP contribution < -0.4 is 0 Å². The van der Waals surface area contributed by atoms with Crippen LogP contribution in [0.25, 0.3) is 0 Å². The van der Waals surface area contributed by atoms with Gasteiger partial charge >= 0.3 is 0 Å². The Labute approximate surface area is 120 Å². The number of hydrogen-bond acceptors (Lipinski definition) is 0. The SMILES string of the molecule is C=C1CCCCCCC2(CC3CCCC3)CC2CC1. The maximum Gasteiger partial charge on any atom is -0.0263 e. The van der Waals surface area contributed by atoms with Crippen molar-refractivity contribution in [3.63, 3.8) is 0 Å². The van der Waals surface area contributed by atoms with Gasteiger partial charge in [-0.1, -0.05) is 57.1 Å². The summed E-state index contributed by atoms with van der Waals surface area (Å²) in [5.41, 5.74) is 2.35. The van der Waals surface area contributed by atoms with E-state index >= 15 is 0 Å². The molecule has 3 aliphatic carbocycles. The summed E-state index contributed by atoms with van der Waals surface area (Å²) in [6, 6.07) is 0. The summed E-state index contributed by atoms with van der Waals surface area (Å²) in [4.78, 5) is 0. The smallest absolute Gasteiger partial charge is 0.0263 e. The van der Waals surface area contributed by atoms with Gasteiger partial charge in [0.2, 0.25) is 0 Å². The van der Waals surface area contributed by atoms with Crippen molar-refractivity contribution in [2.75, 3.05) is 0 Å². The van der Waals surface area contributed by atoms with E-state index in [4.69, 9.17) is 0 Å². The fraction of sp³-hybridized carbons (Fsp3) is 0.895. The highest BCUT2D eigenvalue weighted by Crippen LogP contribution is 2.63. The Balaban J connectivity index is 1.58. The summed E-state index contributed by atoms with van der Waals surface area (Å²) in [6.45, 7) is 4.30. The van der Waals surface area contributed by atoms with Crippen molar-refractivity contribution < 1.29 is 0 Å². The van der Waals surface area contributed by atoms with Crippen LogP contribution in [0.3, 0.4) is 0 Å². The van der Waals surface area contributed by atoms with Crippen molar-refractivity contribution in [1.29, 1.82) is 0 Å². The minimum atomic E-state index is 0.805. The molecule has 3 fully saturated rings. The van der Waals surface area contributed by atoms with Crippen LogP contribution in [-0.4, -0.2) is 0 Å². The Morgan fingerprint density at radius 3 is 2.53 bits per heavy atom. The largest absolute Gasteiger partial charge is 0.0999 e. The van der Waals surface area contributed by atoms with Crippen LogP contribution in [0.1, 0.15) is 89.9 Å². The maximum atomic E-state index is 4.30. The van der Waals surface area contributed by atoms with E-state index in [2.05, 4.69) is 6.58 Å². The van der Waals surface area contributed by atoms with Crippen molar-refractivity contribution in [2.24, 2.45) is 17.3 Å². The van der Waals surface area contributed by atoms with Crippen molar-refractivity contribution in [3.05, 3.63) is 12.2 Å². The van der Waals surface area contributed by atoms with Crippen LogP contribution in [0.5, 0.6) is 0 Å². The molecule has 0 aromatic heterocycles. The summed E-state index contributed by atoms with van der Waals surface area (Å²) < 4.78 is 0. The van der Waals surface area contributed by atoms with E-state index in [1.165, 1.54) is 57.8 Å². The van der Waals surface area contributed by atoms with E-state index in [0.717, 1.165) is 17.3 Å². The van der Waals surface area contributed by atoms with Crippen LogP contribution in [-0.2, 0) is 0 Å². The topological polar surface area (TPSA) is 0 Å². The molecule has 0 nitrogen and oxygen atoms in total. The molecule has 0 heteroatoms. The van der Waals surface area contributed by atoms with E-state index in [1.54, 1.807) is 37.7 Å². The first-order valence-electron chi connectivity index (χ1n) is 8.95. The average Bonchev–Trinajstić information content (AvgIpc) is 2.80.